The lowest BCUT2D eigenvalue weighted by Crippen LogP contribution is -2.38. The summed E-state index contributed by atoms with van der Waals surface area (Å²) in [5.74, 6) is -0.288. The van der Waals surface area contributed by atoms with Crippen molar-refractivity contribution in [3.05, 3.63) is 64.9 Å². The van der Waals surface area contributed by atoms with Gasteiger partial charge in [-0.25, -0.2) is 9.69 Å². The molecular formula is C21H21N3O4. The molecule has 7 heteroatoms. The number of anilines is 1. The number of amides is 4. The smallest absolute Gasteiger partial charge is 0.329 e. The van der Waals surface area contributed by atoms with Gasteiger partial charge in [0.05, 0.1) is 7.11 Å². The van der Waals surface area contributed by atoms with Crippen LogP contribution in [-0.4, -0.2) is 36.4 Å². The molecule has 1 saturated heterocycles. The van der Waals surface area contributed by atoms with Gasteiger partial charge < -0.3 is 15.4 Å². The number of aryl methyl sites for hydroxylation is 2. The first kappa shape index (κ1) is 19.2. The minimum Gasteiger partial charge on any atom is -0.497 e. The number of methoxy groups -OCH3 is 1. The molecule has 1 fully saturated rings. The van der Waals surface area contributed by atoms with Gasteiger partial charge in [-0.05, 0) is 55.3 Å². The number of urea groups is 1. The Morgan fingerprint density at radius 1 is 1.14 bits per heavy atom. The van der Waals surface area contributed by atoms with Gasteiger partial charge in [0.1, 0.15) is 18.0 Å². The van der Waals surface area contributed by atoms with Gasteiger partial charge in [0.25, 0.3) is 5.91 Å². The highest BCUT2D eigenvalue weighted by Gasteiger charge is 2.35. The van der Waals surface area contributed by atoms with Crippen LogP contribution in [-0.2, 0) is 9.59 Å². The van der Waals surface area contributed by atoms with Crippen LogP contribution in [0.5, 0.6) is 5.75 Å². The molecule has 3 rings (SSSR count). The normalized spacial score (nSPS) is 15.0. The maximum atomic E-state index is 12.6. The van der Waals surface area contributed by atoms with Crippen molar-refractivity contribution >= 4 is 29.6 Å². The minimum absolute atomic E-state index is 0.126. The van der Waals surface area contributed by atoms with Crippen molar-refractivity contribution in [1.29, 1.82) is 0 Å². The molecule has 144 valence electrons. The number of nitrogens with zero attached hydrogens (tertiary/aromatic N) is 1. The molecule has 1 heterocycles. The molecule has 2 N–H and O–H groups in total. The van der Waals surface area contributed by atoms with Crippen molar-refractivity contribution in [2.45, 2.75) is 13.8 Å². The lowest BCUT2D eigenvalue weighted by Gasteiger charge is -2.12. The van der Waals surface area contributed by atoms with Gasteiger partial charge in [0, 0.05) is 5.69 Å². The summed E-state index contributed by atoms with van der Waals surface area (Å²) in [6, 6.07) is 12.0. The fourth-order valence-corrected chi connectivity index (χ4v) is 2.79. The summed E-state index contributed by atoms with van der Waals surface area (Å²) in [7, 11) is 1.58. The van der Waals surface area contributed by atoms with Crippen molar-refractivity contribution in [3.8, 4) is 5.75 Å². The van der Waals surface area contributed by atoms with Gasteiger partial charge in [-0.2, -0.15) is 0 Å². The van der Waals surface area contributed by atoms with Crippen LogP contribution in [0.3, 0.4) is 0 Å². The average Bonchev–Trinajstić information content (AvgIpc) is 2.92. The van der Waals surface area contributed by atoms with E-state index in [0.29, 0.717) is 11.4 Å². The monoisotopic (exact) mass is 379 g/mol. The maximum absolute atomic E-state index is 12.6. The van der Waals surface area contributed by atoms with Crippen molar-refractivity contribution in [3.63, 3.8) is 0 Å². The molecule has 0 radical (unpaired) electrons. The summed E-state index contributed by atoms with van der Waals surface area (Å²) in [5, 5.41) is 5.20. The van der Waals surface area contributed by atoms with E-state index >= 15 is 0 Å². The second-order valence-corrected chi connectivity index (χ2v) is 6.52. The quantitative estimate of drug-likeness (QED) is 0.618. The maximum Gasteiger partial charge on any atom is 0.329 e. The largest absolute Gasteiger partial charge is 0.497 e. The predicted octanol–water partition coefficient (Wildman–Crippen LogP) is 2.84. The third kappa shape index (κ3) is 4.20. The molecule has 0 spiro atoms. The number of carbonyl (C=O) groups is 3. The SMILES string of the molecule is COc1ccc(/C=C2/NC(=O)N(CC(=O)Nc3ccc(C)cc3)C2=O)c(C)c1. The number of benzene rings is 2. The Morgan fingerprint density at radius 2 is 1.86 bits per heavy atom. The van der Waals surface area contributed by atoms with E-state index in [0.717, 1.165) is 21.6 Å². The number of imide groups is 1. The van der Waals surface area contributed by atoms with Gasteiger partial charge >= 0.3 is 6.03 Å². The molecule has 2 aromatic carbocycles. The molecule has 4 amide bonds. The Labute approximate surface area is 163 Å². The third-order valence-corrected chi connectivity index (χ3v) is 4.38. The van der Waals surface area contributed by atoms with Crippen LogP contribution in [0, 0.1) is 13.8 Å². The highest BCUT2D eigenvalue weighted by Crippen LogP contribution is 2.21. The average molecular weight is 379 g/mol. The van der Waals surface area contributed by atoms with Crippen LogP contribution in [0.15, 0.2) is 48.2 Å². The minimum atomic E-state index is -0.624. The summed E-state index contributed by atoms with van der Waals surface area (Å²) < 4.78 is 5.16. The molecule has 0 saturated carbocycles. The van der Waals surface area contributed by atoms with Gasteiger partial charge in [-0.3, -0.25) is 9.59 Å². The Kier molecular flexibility index (Phi) is 5.44. The molecule has 0 aromatic heterocycles. The van der Waals surface area contributed by atoms with Crippen molar-refractivity contribution in [2.75, 3.05) is 19.0 Å². The van der Waals surface area contributed by atoms with Crippen LogP contribution in [0.4, 0.5) is 10.5 Å². The van der Waals surface area contributed by atoms with E-state index < -0.39 is 17.8 Å². The Morgan fingerprint density at radius 3 is 2.50 bits per heavy atom. The lowest BCUT2D eigenvalue weighted by atomic mass is 10.1. The van der Waals surface area contributed by atoms with Crippen LogP contribution >= 0.6 is 0 Å². The predicted molar refractivity (Wildman–Crippen MR) is 106 cm³/mol. The highest BCUT2D eigenvalue weighted by molar-refractivity contribution is 6.16. The van der Waals surface area contributed by atoms with E-state index in [1.807, 2.05) is 32.0 Å². The summed E-state index contributed by atoms with van der Waals surface area (Å²) in [6.45, 7) is 3.46. The van der Waals surface area contributed by atoms with E-state index in [-0.39, 0.29) is 12.2 Å². The van der Waals surface area contributed by atoms with Crippen LogP contribution in [0.25, 0.3) is 6.08 Å². The van der Waals surface area contributed by atoms with E-state index in [4.69, 9.17) is 4.74 Å². The fourth-order valence-electron chi connectivity index (χ4n) is 2.79. The Hall–Kier alpha value is -3.61. The zero-order valence-corrected chi connectivity index (χ0v) is 15.9. The third-order valence-electron chi connectivity index (χ3n) is 4.38. The standard InChI is InChI=1S/C21H21N3O4/c1-13-4-7-16(8-5-13)22-19(25)12-24-20(26)18(23-21(24)27)11-15-6-9-17(28-3)10-14(15)2/h4-11H,12H2,1-3H3,(H,22,25)(H,23,27)/b18-11+. The van der Waals surface area contributed by atoms with Crippen molar-refractivity contribution in [1.82, 2.24) is 10.2 Å². The second kappa shape index (κ2) is 7.96. The fraction of sp³-hybridized carbons (Fsp3) is 0.190. The summed E-state index contributed by atoms with van der Waals surface area (Å²) >= 11 is 0. The molecule has 0 unspecified atom stereocenters. The van der Waals surface area contributed by atoms with Gasteiger partial charge in [0.15, 0.2) is 0 Å². The highest BCUT2D eigenvalue weighted by atomic mass is 16.5. The Balaban J connectivity index is 1.71. The molecule has 1 aliphatic heterocycles. The first-order chi connectivity index (χ1) is 13.4. The summed E-state index contributed by atoms with van der Waals surface area (Å²) in [4.78, 5) is 37.8. The van der Waals surface area contributed by atoms with Gasteiger partial charge in [-0.1, -0.05) is 23.8 Å². The molecule has 28 heavy (non-hydrogen) atoms. The molecular weight excluding hydrogens is 358 g/mol. The number of carbonyl (C=O) groups excluding carboxylic acids is 3. The second-order valence-electron chi connectivity index (χ2n) is 6.52. The lowest BCUT2D eigenvalue weighted by molar-refractivity contribution is -0.127. The van der Waals surface area contributed by atoms with E-state index in [1.165, 1.54) is 0 Å². The van der Waals surface area contributed by atoms with Gasteiger partial charge in [0.2, 0.25) is 5.91 Å². The van der Waals surface area contributed by atoms with Crippen molar-refractivity contribution < 1.29 is 19.1 Å². The van der Waals surface area contributed by atoms with E-state index in [9.17, 15) is 14.4 Å². The number of nitrogens with one attached hydrogen (secondary N) is 2. The molecule has 2 aromatic rings. The van der Waals surface area contributed by atoms with Gasteiger partial charge in [-0.15, -0.1) is 0 Å². The van der Waals surface area contributed by atoms with Crippen molar-refractivity contribution in [2.24, 2.45) is 0 Å². The van der Waals surface area contributed by atoms with Crippen LogP contribution in [0.2, 0.25) is 0 Å². The molecule has 1 aliphatic rings. The number of rotatable bonds is 5. The van der Waals surface area contributed by atoms with Crippen LogP contribution < -0.4 is 15.4 Å². The number of ether oxygens (including phenoxy) is 1. The molecule has 0 aliphatic carbocycles. The first-order valence-corrected chi connectivity index (χ1v) is 8.73. The van der Waals surface area contributed by atoms with E-state index in [1.54, 1.807) is 37.5 Å². The molecule has 7 nitrogen and oxygen atoms in total. The summed E-state index contributed by atoms with van der Waals surface area (Å²) in [6.07, 6.45) is 1.59. The van der Waals surface area contributed by atoms with E-state index in [2.05, 4.69) is 10.6 Å². The zero-order chi connectivity index (χ0) is 20.3. The topological polar surface area (TPSA) is 87.7 Å². The number of hydrogen-bond acceptors (Lipinski definition) is 4. The molecule has 0 bridgehead atoms. The number of hydrogen-bond donors (Lipinski definition) is 2. The molecule has 0 atom stereocenters. The Bertz CT molecular complexity index is 964. The summed E-state index contributed by atoms with van der Waals surface area (Å²) in [5.41, 5.74) is 3.46. The van der Waals surface area contributed by atoms with Crippen LogP contribution in [0.1, 0.15) is 16.7 Å². The first-order valence-electron chi connectivity index (χ1n) is 8.73. The zero-order valence-electron chi connectivity index (χ0n) is 15.9.